The summed E-state index contributed by atoms with van der Waals surface area (Å²) in [6, 6.07) is 4.30. The number of anilines is 1. The van der Waals surface area contributed by atoms with Crippen molar-refractivity contribution in [2.45, 2.75) is 13.8 Å². The van der Waals surface area contributed by atoms with Crippen LogP contribution in [0.5, 0.6) is 0 Å². The summed E-state index contributed by atoms with van der Waals surface area (Å²) < 4.78 is 0. The summed E-state index contributed by atoms with van der Waals surface area (Å²) in [5.74, 6) is -1.68. The molecule has 0 saturated heterocycles. The van der Waals surface area contributed by atoms with Crippen molar-refractivity contribution in [1.82, 2.24) is 5.32 Å². The molecule has 1 aromatic carbocycles. The van der Waals surface area contributed by atoms with Crippen molar-refractivity contribution in [2.24, 2.45) is 11.8 Å². The van der Waals surface area contributed by atoms with Gasteiger partial charge in [-0.2, -0.15) is 0 Å². The average molecular weight is 319 g/mol. The van der Waals surface area contributed by atoms with Crippen molar-refractivity contribution >= 4 is 40.9 Å². The second-order valence-electron chi connectivity index (χ2n) is 4.62. The smallest absolute Gasteiger partial charge is 0.319 e. The number of carboxylic acid groups (broad SMARTS) is 1. The number of carboxylic acids is 1. The number of hydrogen-bond acceptors (Lipinski definition) is 2. The van der Waals surface area contributed by atoms with Crippen LogP contribution in [0.1, 0.15) is 13.8 Å². The first-order valence-corrected chi connectivity index (χ1v) is 6.80. The van der Waals surface area contributed by atoms with Crippen LogP contribution in [-0.4, -0.2) is 23.7 Å². The normalized spacial score (nSPS) is 12.1. The van der Waals surface area contributed by atoms with Gasteiger partial charge < -0.3 is 15.7 Å². The summed E-state index contributed by atoms with van der Waals surface area (Å²) >= 11 is 11.8. The highest BCUT2D eigenvalue weighted by molar-refractivity contribution is 6.39. The van der Waals surface area contributed by atoms with E-state index in [0.717, 1.165) is 0 Å². The maximum absolute atomic E-state index is 11.7. The fraction of sp³-hybridized carbons (Fsp3) is 0.385. The van der Waals surface area contributed by atoms with E-state index in [0.29, 0.717) is 15.7 Å². The molecule has 5 nitrogen and oxygen atoms in total. The summed E-state index contributed by atoms with van der Waals surface area (Å²) in [5.41, 5.74) is 0.296. The second-order valence-corrected chi connectivity index (χ2v) is 5.43. The molecule has 0 aliphatic heterocycles. The summed E-state index contributed by atoms with van der Waals surface area (Å²) in [5, 5.41) is 14.6. The quantitative estimate of drug-likeness (QED) is 0.777. The number of carbonyl (C=O) groups is 2. The Morgan fingerprint density at radius 1 is 1.25 bits per heavy atom. The predicted molar refractivity (Wildman–Crippen MR) is 79.4 cm³/mol. The molecule has 0 heterocycles. The average Bonchev–Trinajstić information content (AvgIpc) is 2.33. The molecule has 2 amide bonds. The van der Waals surface area contributed by atoms with Crippen molar-refractivity contribution < 1.29 is 14.7 Å². The van der Waals surface area contributed by atoms with Crippen molar-refractivity contribution in [3.8, 4) is 0 Å². The topological polar surface area (TPSA) is 78.4 Å². The lowest BCUT2D eigenvalue weighted by Crippen LogP contribution is -2.37. The first-order valence-electron chi connectivity index (χ1n) is 6.04. The number of halogens is 2. The van der Waals surface area contributed by atoms with Crippen molar-refractivity contribution in [3.05, 3.63) is 28.2 Å². The number of hydrogen-bond donors (Lipinski definition) is 3. The Bertz CT molecular complexity index is 486. The van der Waals surface area contributed by atoms with Crippen molar-refractivity contribution in [1.29, 1.82) is 0 Å². The van der Waals surface area contributed by atoms with Crippen molar-refractivity contribution in [2.75, 3.05) is 11.9 Å². The Balaban J connectivity index is 2.62. The molecule has 0 saturated carbocycles. The summed E-state index contributed by atoms with van der Waals surface area (Å²) in [4.78, 5) is 22.7. The number of para-hydroxylation sites is 1. The van der Waals surface area contributed by atoms with E-state index >= 15 is 0 Å². The molecule has 0 bridgehead atoms. The molecular weight excluding hydrogens is 303 g/mol. The van der Waals surface area contributed by atoms with Crippen LogP contribution in [-0.2, 0) is 4.79 Å². The third-order valence-corrected chi connectivity index (χ3v) is 3.44. The molecule has 1 atom stereocenters. The minimum atomic E-state index is -0.948. The molecule has 20 heavy (non-hydrogen) atoms. The SMILES string of the molecule is CC(C)C(CNC(=O)Nc1c(Cl)cccc1Cl)C(=O)O. The van der Waals surface area contributed by atoms with Crippen molar-refractivity contribution in [3.63, 3.8) is 0 Å². The maximum atomic E-state index is 11.7. The van der Waals surface area contributed by atoms with E-state index < -0.39 is 17.9 Å². The molecule has 1 aromatic rings. The van der Waals surface area contributed by atoms with Crippen LogP contribution in [0.25, 0.3) is 0 Å². The number of benzene rings is 1. The molecule has 110 valence electrons. The van der Waals surface area contributed by atoms with E-state index in [1.54, 1.807) is 32.0 Å². The zero-order valence-electron chi connectivity index (χ0n) is 11.1. The number of urea groups is 1. The first-order chi connectivity index (χ1) is 9.32. The van der Waals surface area contributed by atoms with Crippen LogP contribution in [0.15, 0.2) is 18.2 Å². The van der Waals surface area contributed by atoms with E-state index in [4.69, 9.17) is 28.3 Å². The van der Waals surface area contributed by atoms with Crippen LogP contribution in [0.3, 0.4) is 0 Å². The molecule has 0 spiro atoms. The fourth-order valence-electron chi connectivity index (χ4n) is 1.59. The Labute approximate surface area is 127 Å². The molecule has 0 radical (unpaired) electrons. The van der Waals surface area contributed by atoms with Crippen LogP contribution >= 0.6 is 23.2 Å². The molecule has 1 unspecified atom stereocenters. The number of carbonyl (C=O) groups excluding carboxylic acids is 1. The van der Waals surface area contributed by atoms with E-state index in [1.807, 2.05) is 0 Å². The Hall–Kier alpha value is -1.46. The van der Waals surface area contributed by atoms with E-state index in [2.05, 4.69) is 10.6 Å². The Kier molecular flexibility index (Phi) is 6.10. The summed E-state index contributed by atoms with van der Waals surface area (Å²) in [7, 11) is 0. The largest absolute Gasteiger partial charge is 0.481 e. The van der Waals surface area contributed by atoms with Gasteiger partial charge in [0.15, 0.2) is 0 Å². The lowest BCUT2D eigenvalue weighted by atomic mass is 9.96. The third kappa shape index (κ3) is 4.58. The van der Waals surface area contributed by atoms with Gasteiger partial charge in [-0.05, 0) is 18.1 Å². The first kappa shape index (κ1) is 16.6. The Morgan fingerprint density at radius 2 is 1.80 bits per heavy atom. The van der Waals surface area contributed by atoms with Gasteiger partial charge >= 0.3 is 12.0 Å². The molecule has 3 N–H and O–H groups in total. The lowest BCUT2D eigenvalue weighted by molar-refractivity contribution is -0.142. The fourth-order valence-corrected chi connectivity index (χ4v) is 2.08. The highest BCUT2D eigenvalue weighted by atomic mass is 35.5. The van der Waals surface area contributed by atoms with Gasteiger partial charge in [-0.25, -0.2) is 4.79 Å². The highest BCUT2D eigenvalue weighted by Crippen LogP contribution is 2.29. The van der Waals surface area contributed by atoms with Crippen LogP contribution < -0.4 is 10.6 Å². The van der Waals surface area contributed by atoms with Gasteiger partial charge in [0.25, 0.3) is 0 Å². The molecular formula is C13H16Cl2N2O3. The minimum absolute atomic E-state index is 0.0287. The second kappa shape index (κ2) is 7.36. The molecule has 0 aliphatic rings. The zero-order chi connectivity index (χ0) is 15.3. The van der Waals surface area contributed by atoms with E-state index in [9.17, 15) is 9.59 Å². The zero-order valence-corrected chi connectivity index (χ0v) is 12.6. The van der Waals surface area contributed by atoms with Crippen LogP contribution in [0.2, 0.25) is 10.0 Å². The maximum Gasteiger partial charge on any atom is 0.319 e. The predicted octanol–water partition coefficient (Wildman–Crippen LogP) is 3.47. The summed E-state index contributed by atoms with van der Waals surface area (Å²) in [6.07, 6.45) is 0. The lowest BCUT2D eigenvalue weighted by Gasteiger charge is -2.17. The standard InChI is InChI=1S/C13H16Cl2N2O3/c1-7(2)8(12(18)19)6-16-13(20)17-11-9(14)4-3-5-10(11)15/h3-5,7-8H,6H2,1-2H3,(H,18,19)(H2,16,17,20). The summed E-state index contributed by atoms with van der Waals surface area (Å²) in [6.45, 7) is 3.59. The molecule has 1 rings (SSSR count). The van der Waals surface area contributed by atoms with Crippen LogP contribution in [0.4, 0.5) is 10.5 Å². The molecule has 0 aliphatic carbocycles. The highest BCUT2D eigenvalue weighted by Gasteiger charge is 2.22. The number of rotatable bonds is 5. The van der Waals surface area contributed by atoms with Gasteiger partial charge in [-0.3, -0.25) is 4.79 Å². The monoisotopic (exact) mass is 318 g/mol. The number of nitrogens with one attached hydrogen (secondary N) is 2. The van der Waals surface area contributed by atoms with Gasteiger partial charge in [0.05, 0.1) is 21.7 Å². The van der Waals surface area contributed by atoms with Gasteiger partial charge in [0, 0.05) is 6.54 Å². The van der Waals surface area contributed by atoms with Gasteiger partial charge in [-0.15, -0.1) is 0 Å². The van der Waals surface area contributed by atoms with E-state index in [-0.39, 0.29) is 12.5 Å². The number of aliphatic carboxylic acids is 1. The molecule has 0 fully saturated rings. The molecule has 7 heteroatoms. The van der Waals surface area contributed by atoms with E-state index in [1.165, 1.54) is 0 Å². The van der Waals surface area contributed by atoms with Crippen LogP contribution in [0, 0.1) is 11.8 Å². The third-order valence-electron chi connectivity index (χ3n) is 2.81. The van der Waals surface area contributed by atoms with Gasteiger partial charge in [0.1, 0.15) is 0 Å². The van der Waals surface area contributed by atoms with Gasteiger partial charge in [0.2, 0.25) is 0 Å². The minimum Gasteiger partial charge on any atom is -0.481 e. The Morgan fingerprint density at radius 3 is 2.25 bits per heavy atom. The number of amides is 2. The van der Waals surface area contributed by atoms with Gasteiger partial charge in [-0.1, -0.05) is 43.1 Å². The molecule has 0 aromatic heterocycles.